The third-order valence-electron chi connectivity index (χ3n) is 10.6. The fourth-order valence-corrected chi connectivity index (χ4v) is 8.38. The van der Waals surface area contributed by atoms with E-state index in [-0.39, 0.29) is 59.5 Å². The van der Waals surface area contributed by atoms with Crippen molar-refractivity contribution in [3.8, 4) is 11.5 Å². The standard InChI is InChI=1S/C44H67F3O10Si2/c1-30(31(2)57-59(12,13)42(3,4)5)22-23-35(54-40(48)32-18-15-14-16-19-32)39-36(55-43(6,7)56-39)21-17-20-33-26-34(52-28-44(45,46)47)27-37(53-29-50-8)38(33)41(49)51-24-25-58(9,10)11/h14-20,26-27,30-31,35-36,39H,21-25,28-29H2,1-13H3/b20-17+/t30-,31+,35?,36+,39-/m1/s1. The van der Waals surface area contributed by atoms with Gasteiger partial charge in [-0.25, -0.2) is 9.59 Å². The molecule has 0 aromatic heterocycles. The van der Waals surface area contributed by atoms with E-state index >= 15 is 0 Å². The summed E-state index contributed by atoms with van der Waals surface area (Å²) in [5, 5.41) is 0.0424. The SMILES string of the molecule is COCOc1cc(OCC(F)(F)F)cc(/C=C/C[C@@H]2OC(C)(C)O[C@@H]2C(CC[C@@H](C)[C@H](C)O[Si](C)(C)C(C)(C)C)OC(=O)c2ccccc2)c1C(=O)OCC[Si](C)(C)C. The fourth-order valence-electron chi connectivity index (χ4n) is 6.15. The largest absolute Gasteiger partial charge is 0.484 e. The second kappa shape index (κ2) is 21.0. The van der Waals surface area contributed by atoms with Crippen molar-refractivity contribution >= 4 is 34.4 Å². The van der Waals surface area contributed by atoms with E-state index in [0.29, 0.717) is 24.4 Å². The van der Waals surface area contributed by atoms with Crippen molar-refractivity contribution in [2.24, 2.45) is 5.92 Å². The van der Waals surface area contributed by atoms with Crippen molar-refractivity contribution in [2.45, 2.75) is 148 Å². The average Bonchev–Trinajstić information content (AvgIpc) is 3.43. The van der Waals surface area contributed by atoms with E-state index in [1.165, 1.54) is 19.2 Å². The maximum Gasteiger partial charge on any atom is 0.422 e. The summed E-state index contributed by atoms with van der Waals surface area (Å²) < 4.78 is 87.0. The summed E-state index contributed by atoms with van der Waals surface area (Å²) >= 11 is 0. The van der Waals surface area contributed by atoms with Crippen LogP contribution in [0.1, 0.15) is 94.0 Å². The predicted octanol–water partition coefficient (Wildman–Crippen LogP) is 11.1. The number of methoxy groups -OCH3 is 1. The zero-order valence-electron chi connectivity index (χ0n) is 37.2. The number of halogens is 3. The normalized spacial score (nSPS) is 19.0. The Labute approximate surface area is 351 Å². The van der Waals surface area contributed by atoms with Gasteiger partial charge in [-0.05, 0) is 93.9 Å². The highest BCUT2D eigenvalue weighted by atomic mass is 28.4. The molecule has 332 valence electrons. The Hall–Kier alpha value is -3.22. The highest BCUT2D eigenvalue weighted by Crippen LogP contribution is 2.40. The van der Waals surface area contributed by atoms with Crippen molar-refractivity contribution in [1.82, 2.24) is 0 Å². The molecule has 1 heterocycles. The molecule has 3 rings (SSSR count). The Balaban J connectivity index is 1.98. The monoisotopic (exact) mass is 868 g/mol. The number of ether oxygens (including phenoxy) is 7. The Morgan fingerprint density at radius 1 is 0.932 bits per heavy atom. The van der Waals surface area contributed by atoms with Crippen LogP contribution in [-0.4, -0.2) is 91.8 Å². The molecule has 0 saturated carbocycles. The summed E-state index contributed by atoms with van der Waals surface area (Å²) in [6.07, 6.45) is -1.99. The molecule has 1 fully saturated rings. The third kappa shape index (κ3) is 16.3. The van der Waals surface area contributed by atoms with Crippen LogP contribution in [0.3, 0.4) is 0 Å². The Morgan fingerprint density at radius 3 is 2.19 bits per heavy atom. The lowest BCUT2D eigenvalue weighted by Gasteiger charge is -2.40. The van der Waals surface area contributed by atoms with Crippen molar-refractivity contribution in [3.63, 3.8) is 0 Å². The van der Waals surface area contributed by atoms with Gasteiger partial charge in [-0.15, -0.1) is 0 Å². The first kappa shape index (κ1) is 50.1. The average molecular weight is 869 g/mol. The molecule has 1 aliphatic rings. The summed E-state index contributed by atoms with van der Waals surface area (Å²) in [5.74, 6) is -2.33. The van der Waals surface area contributed by atoms with Crippen molar-refractivity contribution in [2.75, 3.05) is 27.1 Å². The topological polar surface area (TPSA) is 108 Å². The van der Waals surface area contributed by atoms with Crippen LogP contribution in [0.25, 0.3) is 6.08 Å². The fraction of sp³-hybridized carbons (Fsp3) is 0.636. The van der Waals surface area contributed by atoms with Crippen LogP contribution in [0, 0.1) is 5.92 Å². The van der Waals surface area contributed by atoms with Gasteiger partial charge in [-0.1, -0.05) is 77.7 Å². The van der Waals surface area contributed by atoms with Crippen LogP contribution in [0.15, 0.2) is 48.5 Å². The number of esters is 2. The molecular formula is C44H67F3O10Si2. The number of benzene rings is 2. The molecule has 1 aliphatic heterocycles. The molecule has 2 aromatic rings. The maximum absolute atomic E-state index is 13.6. The van der Waals surface area contributed by atoms with Crippen molar-refractivity contribution in [3.05, 3.63) is 65.2 Å². The zero-order valence-corrected chi connectivity index (χ0v) is 39.2. The predicted molar refractivity (Wildman–Crippen MR) is 228 cm³/mol. The van der Waals surface area contributed by atoms with Gasteiger partial charge in [0.15, 0.2) is 27.5 Å². The third-order valence-corrected chi connectivity index (χ3v) is 16.9. The molecular weight excluding hydrogens is 802 g/mol. The summed E-state index contributed by atoms with van der Waals surface area (Å²) in [4.78, 5) is 27.2. The lowest BCUT2D eigenvalue weighted by atomic mass is 9.94. The first-order valence-electron chi connectivity index (χ1n) is 20.3. The quantitative estimate of drug-likeness (QED) is 0.0683. The van der Waals surface area contributed by atoms with Crippen molar-refractivity contribution in [1.29, 1.82) is 0 Å². The molecule has 0 radical (unpaired) electrons. The second-order valence-electron chi connectivity index (χ2n) is 18.5. The lowest BCUT2D eigenvalue weighted by molar-refractivity contribution is -0.156. The number of hydrogen-bond acceptors (Lipinski definition) is 10. The first-order valence-corrected chi connectivity index (χ1v) is 27.0. The summed E-state index contributed by atoms with van der Waals surface area (Å²) in [6, 6.07) is 12.0. The minimum Gasteiger partial charge on any atom is -0.484 e. The highest BCUT2D eigenvalue weighted by Gasteiger charge is 2.46. The Kier molecular flexibility index (Phi) is 17.9. The minimum atomic E-state index is -4.60. The molecule has 1 saturated heterocycles. The van der Waals surface area contributed by atoms with E-state index < -0.39 is 65.2 Å². The first-order chi connectivity index (χ1) is 27.2. The van der Waals surface area contributed by atoms with Crippen LogP contribution in [-0.2, 0) is 28.1 Å². The van der Waals surface area contributed by atoms with Crippen LogP contribution < -0.4 is 9.47 Å². The molecule has 0 N–H and O–H groups in total. The van der Waals surface area contributed by atoms with Crippen LogP contribution >= 0.6 is 0 Å². The number of alkyl halides is 3. The molecule has 0 aliphatic carbocycles. The van der Waals surface area contributed by atoms with Gasteiger partial charge in [0.05, 0.1) is 18.3 Å². The van der Waals surface area contributed by atoms with Crippen LogP contribution in [0.2, 0.25) is 43.8 Å². The van der Waals surface area contributed by atoms with E-state index in [0.717, 1.165) is 0 Å². The lowest BCUT2D eigenvalue weighted by Crippen LogP contribution is -2.45. The molecule has 59 heavy (non-hydrogen) atoms. The van der Waals surface area contributed by atoms with Gasteiger partial charge < -0.3 is 37.6 Å². The summed E-state index contributed by atoms with van der Waals surface area (Å²) in [7, 11) is -2.23. The molecule has 0 amide bonds. The molecule has 0 spiro atoms. The number of carbonyl (C=O) groups is 2. The van der Waals surface area contributed by atoms with E-state index in [1.54, 1.807) is 50.3 Å². The van der Waals surface area contributed by atoms with E-state index in [2.05, 4.69) is 67.4 Å². The molecule has 1 unspecified atom stereocenters. The zero-order chi connectivity index (χ0) is 44.4. The molecule has 15 heteroatoms. The number of rotatable bonds is 21. The highest BCUT2D eigenvalue weighted by molar-refractivity contribution is 6.76. The van der Waals surface area contributed by atoms with E-state index in [4.69, 9.17) is 37.6 Å². The van der Waals surface area contributed by atoms with Gasteiger partial charge in [0.2, 0.25) is 0 Å². The van der Waals surface area contributed by atoms with Crippen LogP contribution in [0.4, 0.5) is 13.2 Å². The smallest absolute Gasteiger partial charge is 0.422 e. The molecule has 0 bridgehead atoms. The molecule has 5 atom stereocenters. The number of carbonyl (C=O) groups excluding carboxylic acids is 2. The van der Waals surface area contributed by atoms with Gasteiger partial charge in [-0.2, -0.15) is 13.2 Å². The summed E-state index contributed by atoms with van der Waals surface area (Å²) in [6.45, 7) is 23.6. The van der Waals surface area contributed by atoms with E-state index in [9.17, 15) is 22.8 Å². The van der Waals surface area contributed by atoms with Crippen molar-refractivity contribution < 1.29 is 60.3 Å². The van der Waals surface area contributed by atoms with E-state index in [1.807, 2.05) is 6.07 Å². The van der Waals surface area contributed by atoms with Gasteiger partial charge in [0, 0.05) is 27.4 Å². The summed E-state index contributed by atoms with van der Waals surface area (Å²) in [5.41, 5.74) is 0.615. The minimum absolute atomic E-state index is 0.00592. The Morgan fingerprint density at radius 2 is 1.59 bits per heavy atom. The second-order valence-corrected chi connectivity index (χ2v) is 28.9. The van der Waals surface area contributed by atoms with Gasteiger partial charge in [-0.3, -0.25) is 0 Å². The van der Waals surface area contributed by atoms with Gasteiger partial charge >= 0.3 is 18.1 Å². The van der Waals surface area contributed by atoms with Gasteiger partial charge in [0.25, 0.3) is 0 Å². The Bertz CT molecular complexity index is 1690. The maximum atomic E-state index is 13.6. The number of hydrogen-bond donors (Lipinski definition) is 0. The molecule has 10 nitrogen and oxygen atoms in total. The van der Waals surface area contributed by atoms with Crippen LogP contribution in [0.5, 0.6) is 11.5 Å². The van der Waals surface area contributed by atoms with Gasteiger partial charge in [0.1, 0.15) is 29.3 Å². The molecule has 2 aromatic carbocycles.